The lowest BCUT2D eigenvalue weighted by Gasteiger charge is -2.17. The SMILES string of the molecule is CN(C)CCCN(C)C(=O)CBr. The second-order valence-corrected chi connectivity index (χ2v) is 3.67. The molecule has 0 saturated heterocycles. The third-order valence-corrected chi connectivity index (χ3v) is 2.12. The van der Waals surface area contributed by atoms with Crippen LogP contribution in [-0.4, -0.2) is 55.3 Å². The molecule has 0 saturated carbocycles. The van der Waals surface area contributed by atoms with Crippen LogP contribution in [0.2, 0.25) is 0 Å². The third-order valence-electron chi connectivity index (χ3n) is 1.64. The average Bonchev–Trinajstić information content (AvgIpc) is 2.02. The van der Waals surface area contributed by atoms with Gasteiger partial charge in [-0.3, -0.25) is 4.79 Å². The van der Waals surface area contributed by atoms with E-state index < -0.39 is 0 Å². The summed E-state index contributed by atoms with van der Waals surface area (Å²) in [7, 11) is 5.90. The van der Waals surface area contributed by atoms with Crippen molar-refractivity contribution in [1.29, 1.82) is 0 Å². The fourth-order valence-corrected chi connectivity index (χ4v) is 1.28. The van der Waals surface area contributed by atoms with E-state index in [-0.39, 0.29) is 5.91 Å². The molecule has 0 radical (unpaired) electrons. The molecule has 0 aromatic rings. The van der Waals surface area contributed by atoms with Crippen LogP contribution in [0.15, 0.2) is 0 Å². The molecule has 72 valence electrons. The summed E-state index contributed by atoms with van der Waals surface area (Å²) in [5, 5.41) is 0.422. The van der Waals surface area contributed by atoms with Crippen molar-refractivity contribution >= 4 is 21.8 Å². The van der Waals surface area contributed by atoms with Crippen LogP contribution in [0.1, 0.15) is 6.42 Å². The predicted octanol–water partition coefficient (Wildman–Crippen LogP) is 0.791. The first-order valence-electron chi connectivity index (χ1n) is 4.02. The van der Waals surface area contributed by atoms with Gasteiger partial charge in [0, 0.05) is 13.6 Å². The number of hydrogen-bond donors (Lipinski definition) is 0. The zero-order valence-corrected chi connectivity index (χ0v) is 9.60. The Bertz CT molecular complexity index is 139. The summed E-state index contributed by atoms with van der Waals surface area (Å²) in [5.41, 5.74) is 0. The van der Waals surface area contributed by atoms with E-state index in [2.05, 4.69) is 20.8 Å². The van der Waals surface area contributed by atoms with Crippen molar-refractivity contribution in [3.8, 4) is 0 Å². The molecular weight excluding hydrogens is 220 g/mol. The summed E-state index contributed by atoms with van der Waals surface area (Å²) in [6.07, 6.45) is 1.03. The fraction of sp³-hybridized carbons (Fsp3) is 0.875. The molecule has 0 aromatic carbocycles. The number of halogens is 1. The van der Waals surface area contributed by atoms with Gasteiger partial charge in [0.15, 0.2) is 0 Å². The topological polar surface area (TPSA) is 23.6 Å². The van der Waals surface area contributed by atoms with Gasteiger partial charge in [0.2, 0.25) is 5.91 Å². The minimum absolute atomic E-state index is 0.147. The van der Waals surface area contributed by atoms with E-state index >= 15 is 0 Å². The van der Waals surface area contributed by atoms with Gasteiger partial charge < -0.3 is 9.80 Å². The lowest BCUT2D eigenvalue weighted by Crippen LogP contribution is -2.30. The van der Waals surface area contributed by atoms with E-state index in [1.165, 1.54) is 0 Å². The molecule has 0 N–H and O–H groups in total. The van der Waals surface area contributed by atoms with E-state index in [0.717, 1.165) is 19.5 Å². The van der Waals surface area contributed by atoms with E-state index in [1.807, 2.05) is 21.1 Å². The van der Waals surface area contributed by atoms with Gasteiger partial charge in [0.1, 0.15) is 0 Å². The lowest BCUT2D eigenvalue weighted by molar-refractivity contribution is -0.127. The Morgan fingerprint density at radius 1 is 1.25 bits per heavy atom. The second kappa shape index (κ2) is 6.43. The van der Waals surface area contributed by atoms with Crippen LogP contribution in [0.4, 0.5) is 0 Å². The summed E-state index contributed by atoms with van der Waals surface area (Å²) in [6, 6.07) is 0. The minimum Gasteiger partial charge on any atom is -0.345 e. The van der Waals surface area contributed by atoms with Gasteiger partial charge in [-0.1, -0.05) is 15.9 Å². The van der Waals surface area contributed by atoms with Crippen LogP contribution in [0.5, 0.6) is 0 Å². The van der Waals surface area contributed by atoms with Gasteiger partial charge in [0.25, 0.3) is 0 Å². The van der Waals surface area contributed by atoms with Gasteiger partial charge in [-0.2, -0.15) is 0 Å². The summed E-state index contributed by atoms with van der Waals surface area (Å²) >= 11 is 3.13. The van der Waals surface area contributed by atoms with Gasteiger partial charge in [0.05, 0.1) is 5.33 Å². The Morgan fingerprint density at radius 3 is 2.25 bits per heavy atom. The second-order valence-electron chi connectivity index (χ2n) is 3.11. The van der Waals surface area contributed by atoms with Gasteiger partial charge >= 0.3 is 0 Å². The molecule has 12 heavy (non-hydrogen) atoms. The lowest BCUT2D eigenvalue weighted by atomic mass is 10.4. The molecule has 0 bridgehead atoms. The van der Waals surface area contributed by atoms with E-state index in [4.69, 9.17) is 0 Å². The van der Waals surface area contributed by atoms with Gasteiger partial charge in [-0.05, 0) is 27.1 Å². The summed E-state index contributed by atoms with van der Waals surface area (Å²) in [4.78, 5) is 14.9. The smallest absolute Gasteiger partial charge is 0.232 e. The maximum Gasteiger partial charge on any atom is 0.232 e. The van der Waals surface area contributed by atoms with Crippen molar-refractivity contribution in [3.05, 3.63) is 0 Å². The van der Waals surface area contributed by atoms with Crippen LogP contribution in [0.25, 0.3) is 0 Å². The van der Waals surface area contributed by atoms with Crippen LogP contribution < -0.4 is 0 Å². The normalized spacial score (nSPS) is 10.4. The Kier molecular flexibility index (Phi) is 6.38. The number of rotatable bonds is 5. The van der Waals surface area contributed by atoms with E-state index in [0.29, 0.717) is 5.33 Å². The highest BCUT2D eigenvalue weighted by molar-refractivity contribution is 9.09. The van der Waals surface area contributed by atoms with Crippen LogP contribution in [0.3, 0.4) is 0 Å². The molecule has 0 aliphatic carbocycles. The zero-order valence-electron chi connectivity index (χ0n) is 8.01. The van der Waals surface area contributed by atoms with Gasteiger partial charge in [-0.15, -0.1) is 0 Å². The highest BCUT2D eigenvalue weighted by Crippen LogP contribution is 1.93. The third kappa shape index (κ3) is 5.55. The fourth-order valence-electron chi connectivity index (χ4n) is 0.851. The number of nitrogens with zero attached hydrogens (tertiary/aromatic N) is 2. The number of carbonyl (C=O) groups is 1. The Balaban J connectivity index is 3.43. The highest BCUT2D eigenvalue weighted by atomic mass is 79.9. The van der Waals surface area contributed by atoms with Crippen molar-refractivity contribution in [2.45, 2.75) is 6.42 Å². The summed E-state index contributed by atoms with van der Waals surface area (Å²) in [5.74, 6) is 0.147. The zero-order chi connectivity index (χ0) is 9.56. The molecule has 0 aromatic heterocycles. The molecule has 0 aliphatic heterocycles. The standard InChI is InChI=1S/C8H17BrN2O/c1-10(2)5-4-6-11(3)8(12)7-9/h4-7H2,1-3H3. The van der Waals surface area contributed by atoms with Crippen LogP contribution >= 0.6 is 15.9 Å². The molecule has 0 spiro atoms. The first kappa shape index (κ1) is 11.9. The van der Waals surface area contributed by atoms with Crippen molar-refractivity contribution in [2.24, 2.45) is 0 Å². The largest absolute Gasteiger partial charge is 0.345 e. The summed E-state index contributed by atoms with van der Waals surface area (Å²) in [6.45, 7) is 1.86. The van der Waals surface area contributed by atoms with E-state index in [9.17, 15) is 4.79 Å². The number of amides is 1. The first-order valence-corrected chi connectivity index (χ1v) is 5.14. The quantitative estimate of drug-likeness (QED) is 0.660. The average molecular weight is 237 g/mol. The molecule has 1 amide bonds. The number of alkyl halides is 1. The van der Waals surface area contributed by atoms with Gasteiger partial charge in [-0.25, -0.2) is 0 Å². The maximum atomic E-state index is 11.1. The molecule has 0 aliphatic rings. The summed E-state index contributed by atoms with van der Waals surface area (Å²) < 4.78 is 0. The van der Waals surface area contributed by atoms with Crippen molar-refractivity contribution in [2.75, 3.05) is 39.6 Å². The van der Waals surface area contributed by atoms with Crippen molar-refractivity contribution in [1.82, 2.24) is 9.80 Å². The maximum absolute atomic E-state index is 11.1. The molecular formula is C8H17BrN2O. The van der Waals surface area contributed by atoms with E-state index in [1.54, 1.807) is 4.90 Å². The molecule has 0 fully saturated rings. The van der Waals surface area contributed by atoms with Crippen molar-refractivity contribution in [3.63, 3.8) is 0 Å². The molecule has 0 atom stereocenters. The first-order chi connectivity index (χ1) is 5.57. The molecule has 0 unspecified atom stereocenters. The van der Waals surface area contributed by atoms with Crippen molar-refractivity contribution < 1.29 is 4.79 Å². The number of hydrogen-bond acceptors (Lipinski definition) is 2. The monoisotopic (exact) mass is 236 g/mol. The Morgan fingerprint density at radius 2 is 1.83 bits per heavy atom. The molecule has 0 rings (SSSR count). The predicted molar refractivity (Wildman–Crippen MR) is 54.6 cm³/mol. The molecule has 3 nitrogen and oxygen atoms in total. The minimum atomic E-state index is 0.147. The number of carbonyl (C=O) groups excluding carboxylic acids is 1. The van der Waals surface area contributed by atoms with Crippen LogP contribution in [0, 0.1) is 0 Å². The Labute approximate surface area is 82.8 Å². The highest BCUT2D eigenvalue weighted by Gasteiger charge is 2.05. The molecule has 4 heteroatoms. The van der Waals surface area contributed by atoms with Crippen LogP contribution in [-0.2, 0) is 4.79 Å². The molecule has 0 heterocycles. The Hall–Kier alpha value is -0.0900.